The highest BCUT2D eigenvalue weighted by Gasteiger charge is 2.09. The van der Waals surface area contributed by atoms with Crippen molar-refractivity contribution in [2.75, 3.05) is 17.6 Å². The second-order valence-electron chi connectivity index (χ2n) is 4.41. The van der Waals surface area contributed by atoms with Gasteiger partial charge in [-0.2, -0.15) is 0 Å². The molecule has 0 bridgehead atoms. The first-order chi connectivity index (χ1) is 10.0. The third kappa shape index (κ3) is 3.72. The van der Waals surface area contributed by atoms with Gasteiger partial charge in [-0.05, 0) is 59.3 Å². The SMILES string of the molecule is CCNC(=O)c1ccc(N)c(Nc2ccc(F)cc2Br)c1. The highest BCUT2D eigenvalue weighted by Crippen LogP contribution is 2.29. The maximum Gasteiger partial charge on any atom is 0.251 e. The molecule has 6 heteroatoms. The molecule has 0 saturated heterocycles. The van der Waals surface area contributed by atoms with Crippen LogP contribution in [0.25, 0.3) is 0 Å². The van der Waals surface area contributed by atoms with Gasteiger partial charge in [0.25, 0.3) is 5.91 Å². The molecule has 2 aromatic rings. The Kier molecular flexibility index (Phi) is 4.80. The molecular weight excluding hydrogens is 337 g/mol. The number of anilines is 3. The molecule has 0 spiro atoms. The van der Waals surface area contributed by atoms with Crippen molar-refractivity contribution in [2.24, 2.45) is 0 Å². The molecule has 1 amide bonds. The van der Waals surface area contributed by atoms with Crippen LogP contribution in [0.1, 0.15) is 17.3 Å². The summed E-state index contributed by atoms with van der Waals surface area (Å²) in [6.07, 6.45) is 0. The fraction of sp³-hybridized carbons (Fsp3) is 0.133. The Labute approximate surface area is 130 Å². The van der Waals surface area contributed by atoms with Gasteiger partial charge in [0, 0.05) is 16.6 Å². The number of carbonyl (C=O) groups is 1. The van der Waals surface area contributed by atoms with Gasteiger partial charge in [0.2, 0.25) is 0 Å². The molecule has 110 valence electrons. The van der Waals surface area contributed by atoms with E-state index in [0.717, 1.165) is 0 Å². The third-order valence-corrected chi connectivity index (χ3v) is 3.51. The van der Waals surface area contributed by atoms with Crippen LogP contribution in [0.3, 0.4) is 0 Å². The molecule has 0 radical (unpaired) electrons. The quantitative estimate of drug-likeness (QED) is 0.736. The van der Waals surface area contributed by atoms with Crippen LogP contribution in [0.4, 0.5) is 21.5 Å². The van der Waals surface area contributed by atoms with E-state index in [1.165, 1.54) is 12.1 Å². The molecule has 4 nitrogen and oxygen atoms in total. The van der Waals surface area contributed by atoms with Crippen LogP contribution in [-0.2, 0) is 0 Å². The molecule has 0 aliphatic rings. The van der Waals surface area contributed by atoms with Crippen molar-refractivity contribution in [1.82, 2.24) is 5.32 Å². The normalized spacial score (nSPS) is 10.2. The minimum absolute atomic E-state index is 0.168. The van der Waals surface area contributed by atoms with Crippen LogP contribution in [0.5, 0.6) is 0 Å². The van der Waals surface area contributed by atoms with E-state index in [0.29, 0.717) is 33.6 Å². The Balaban J connectivity index is 2.30. The van der Waals surface area contributed by atoms with Gasteiger partial charge in [-0.1, -0.05) is 0 Å². The Morgan fingerprint density at radius 1 is 1.24 bits per heavy atom. The number of nitrogens with one attached hydrogen (secondary N) is 2. The number of hydrogen-bond acceptors (Lipinski definition) is 3. The van der Waals surface area contributed by atoms with E-state index in [4.69, 9.17) is 5.73 Å². The van der Waals surface area contributed by atoms with Gasteiger partial charge in [-0.25, -0.2) is 4.39 Å². The number of halogens is 2. The first-order valence-corrected chi connectivity index (χ1v) is 7.20. The van der Waals surface area contributed by atoms with E-state index in [1.54, 1.807) is 24.3 Å². The van der Waals surface area contributed by atoms with Crippen molar-refractivity contribution < 1.29 is 9.18 Å². The Morgan fingerprint density at radius 2 is 2.00 bits per heavy atom. The second-order valence-corrected chi connectivity index (χ2v) is 5.26. The van der Waals surface area contributed by atoms with Crippen molar-refractivity contribution >= 4 is 38.9 Å². The molecule has 0 atom stereocenters. The highest BCUT2D eigenvalue weighted by atomic mass is 79.9. The number of hydrogen-bond donors (Lipinski definition) is 3. The van der Waals surface area contributed by atoms with E-state index >= 15 is 0 Å². The summed E-state index contributed by atoms with van der Waals surface area (Å²) in [5, 5.41) is 5.81. The van der Waals surface area contributed by atoms with Gasteiger partial charge in [-0.15, -0.1) is 0 Å². The van der Waals surface area contributed by atoms with Gasteiger partial charge in [0.1, 0.15) is 5.82 Å². The van der Waals surface area contributed by atoms with Crippen LogP contribution in [0, 0.1) is 5.82 Å². The molecule has 0 aliphatic carbocycles. The molecular formula is C15H15BrFN3O. The van der Waals surface area contributed by atoms with Gasteiger partial charge >= 0.3 is 0 Å². The Hall–Kier alpha value is -2.08. The molecule has 4 N–H and O–H groups in total. The zero-order valence-electron chi connectivity index (χ0n) is 11.4. The average molecular weight is 352 g/mol. The van der Waals surface area contributed by atoms with Gasteiger partial charge in [0.05, 0.1) is 17.1 Å². The molecule has 0 heterocycles. The zero-order chi connectivity index (χ0) is 15.4. The fourth-order valence-electron chi connectivity index (χ4n) is 1.80. The summed E-state index contributed by atoms with van der Waals surface area (Å²) in [4.78, 5) is 11.8. The van der Waals surface area contributed by atoms with Crippen LogP contribution in [0.15, 0.2) is 40.9 Å². The molecule has 21 heavy (non-hydrogen) atoms. The lowest BCUT2D eigenvalue weighted by Crippen LogP contribution is -2.22. The summed E-state index contributed by atoms with van der Waals surface area (Å²) >= 11 is 3.28. The van der Waals surface area contributed by atoms with Gasteiger partial charge < -0.3 is 16.4 Å². The van der Waals surface area contributed by atoms with E-state index in [9.17, 15) is 9.18 Å². The molecule has 2 aromatic carbocycles. The van der Waals surface area contributed by atoms with Crippen molar-refractivity contribution in [1.29, 1.82) is 0 Å². The average Bonchev–Trinajstić information content (AvgIpc) is 2.44. The van der Waals surface area contributed by atoms with E-state index < -0.39 is 0 Å². The van der Waals surface area contributed by atoms with Crippen molar-refractivity contribution in [3.8, 4) is 0 Å². The van der Waals surface area contributed by atoms with E-state index in [-0.39, 0.29) is 11.7 Å². The lowest BCUT2D eigenvalue weighted by molar-refractivity contribution is 0.0956. The predicted molar refractivity (Wildman–Crippen MR) is 86.2 cm³/mol. The van der Waals surface area contributed by atoms with Crippen LogP contribution < -0.4 is 16.4 Å². The molecule has 0 aliphatic heterocycles. The maximum atomic E-state index is 13.1. The van der Waals surface area contributed by atoms with Crippen LogP contribution >= 0.6 is 15.9 Å². The van der Waals surface area contributed by atoms with Crippen LogP contribution in [0.2, 0.25) is 0 Å². The summed E-state index contributed by atoms with van der Waals surface area (Å²) in [6, 6.07) is 9.27. The summed E-state index contributed by atoms with van der Waals surface area (Å²) in [5.41, 5.74) is 8.17. The smallest absolute Gasteiger partial charge is 0.251 e. The van der Waals surface area contributed by atoms with E-state index in [1.807, 2.05) is 6.92 Å². The standard InChI is InChI=1S/C15H15BrFN3O/c1-2-19-15(21)9-3-5-12(18)14(7-9)20-13-6-4-10(17)8-11(13)16/h3-8,20H,2,18H2,1H3,(H,19,21). The molecule has 0 aromatic heterocycles. The number of benzene rings is 2. The summed E-state index contributed by atoms with van der Waals surface area (Å²) in [6.45, 7) is 2.40. The summed E-state index contributed by atoms with van der Waals surface area (Å²) < 4.78 is 13.7. The van der Waals surface area contributed by atoms with Gasteiger partial charge in [0.15, 0.2) is 0 Å². The minimum atomic E-state index is -0.337. The number of amides is 1. The third-order valence-electron chi connectivity index (χ3n) is 2.85. The second kappa shape index (κ2) is 6.58. The molecule has 0 saturated carbocycles. The lowest BCUT2D eigenvalue weighted by Gasteiger charge is -2.12. The largest absolute Gasteiger partial charge is 0.397 e. The number of rotatable bonds is 4. The molecule has 0 unspecified atom stereocenters. The summed E-state index contributed by atoms with van der Waals surface area (Å²) in [5.74, 6) is -0.504. The number of carbonyl (C=O) groups excluding carboxylic acids is 1. The minimum Gasteiger partial charge on any atom is -0.397 e. The Bertz CT molecular complexity index is 676. The van der Waals surface area contributed by atoms with E-state index in [2.05, 4.69) is 26.6 Å². The Morgan fingerprint density at radius 3 is 2.67 bits per heavy atom. The number of nitrogens with two attached hydrogens (primary N) is 1. The highest BCUT2D eigenvalue weighted by molar-refractivity contribution is 9.10. The number of nitrogen functional groups attached to an aromatic ring is 1. The van der Waals surface area contributed by atoms with Gasteiger partial charge in [-0.3, -0.25) is 4.79 Å². The van der Waals surface area contributed by atoms with Crippen molar-refractivity contribution in [3.63, 3.8) is 0 Å². The monoisotopic (exact) mass is 351 g/mol. The first kappa shape index (κ1) is 15.3. The predicted octanol–water partition coefficient (Wildman–Crippen LogP) is 3.66. The maximum absolute atomic E-state index is 13.1. The molecule has 2 rings (SSSR count). The zero-order valence-corrected chi connectivity index (χ0v) is 13.0. The van der Waals surface area contributed by atoms with Crippen molar-refractivity contribution in [2.45, 2.75) is 6.92 Å². The summed E-state index contributed by atoms with van der Waals surface area (Å²) in [7, 11) is 0. The lowest BCUT2D eigenvalue weighted by atomic mass is 10.1. The first-order valence-electron chi connectivity index (χ1n) is 6.41. The topological polar surface area (TPSA) is 67.2 Å². The van der Waals surface area contributed by atoms with Crippen LogP contribution in [-0.4, -0.2) is 12.5 Å². The fourth-order valence-corrected chi connectivity index (χ4v) is 2.25. The molecule has 0 fully saturated rings. The van der Waals surface area contributed by atoms with Crippen molar-refractivity contribution in [3.05, 3.63) is 52.3 Å².